The molecule has 2 N–H and O–H groups in total. The van der Waals surface area contributed by atoms with E-state index in [1.54, 1.807) is 18.2 Å². The average molecular weight is 391 g/mol. The molecule has 0 unspecified atom stereocenters. The summed E-state index contributed by atoms with van der Waals surface area (Å²) in [5, 5.41) is 13.1. The monoisotopic (exact) mass is 391 g/mol. The molecule has 0 aromatic heterocycles. The van der Waals surface area contributed by atoms with Gasteiger partial charge in [-0.25, -0.2) is 0 Å². The molecule has 7 nitrogen and oxygen atoms in total. The molecular weight excluding hydrogens is 362 g/mol. The van der Waals surface area contributed by atoms with Gasteiger partial charge in [0.1, 0.15) is 5.75 Å². The number of hydrogen-bond donors (Lipinski definition) is 2. The number of carbonyl (C=O) groups excluding carboxylic acids is 2. The van der Waals surface area contributed by atoms with E-state index in [1.807, 2.05) is 0 Å². The van der Waals surface area contributed by atoms with Crippen molar-refractivity contribution in [2.24, 2.45) is 0 Å². The van der Waals surface area contributed by atoms with Crippen LogP contribution >= 0.6 is 0 Å². The lowest BCUT2D eigenvalue weighted by molar-refractivity contribution is -0.122. The fourth-order valence-electron chi connectivity index (χ4n) is 2.73. The van der Waals surface area contributed by atoms with Crippen LogP contribution in [0, 0.1) is 0 Å². The number of rotatable bonds is 13. The summed E-state index contributed by atoms with van der Waals surface area (Å²) in [5.41, 5.74) is -0.821. The number of nitrogens with one attached hydrogen (secondary N) is 1. The lowest BCUT2D eigenvalue weighted by Gasteiger charge is -2.25. The number of ketones is 1. The molecule has 7 heteroatoms. The van der Waals surface area contributed by atoms with E-state index in [2.05, 4.69) is 18.5 Å². The third kappa shape index (κ3) is 6.42. The summed E-state index contributed by atoms with van der Waals surface area (Å²) in [4.78, 5) is 24.7. The molecule has 0 saturated carbocycles. The molecule has 0 aliphatic carbocycles. The van der Waals surface area contributed by atoms with Crippen molar-refractivity contribution in [3.63, 3.8) is 0 Å². The molecule has 1 aromatic rings. The third-order valence-electron chi connectivity index (χ3n) is 4.25. The molecule has 0 aliphatic heterocycles. The summed E-state index contributed by atoms with van der Waals surface area (Å²) in [6, 6.07) is 3.10. The van der Waals surface area contributed by atoms with Crippen LogP contribution in [-0.4, -0.2) is 50.3 Å². The second-order valence-electron chi connectivity index (χ2n) is 6.32. The van der Waals surface area contributed by atoms with Gasteiger partial charge in [0, 0.05) is 25.5 Å². The van der Waals surface area contributed by atoms with Crippen LogP contribution < -0.4 is 19.5 Å². The van der Waals surface area contributed by atoms with Crippen LogP contribution in [0.4, 0.5) is 0 Å². The SMILES string of the molecule is C=CCC(O)(CC=C)CNC(=O)CCC(=O)c1cc(OC)c(OC)cc1OC. The molecule has 0 spiro atoms. The first-order chi connectivity index (χ1) is 13.3. The number of methoxy groups -OCH3 is 3. The first kappa shape index (κ1) is 23.2. The molecule has 0 fully saturated rings. The molecular formula is C21H29NO6. The van der Waals surface area contributed by atoms with Crippen LogP contribution in [0.25, 0.3) is 0 Å². The van der Waals surface area contributed by atoms with Crippen molar-refractivity contribution >= 4 is 11.7 Å². The van der Waals surface area contributed by atoms with Crippen LogP contribution in [0.15, 0.2) is 37.4 Å². The quantitative estimate of drug-likeness (QED) is 0.397. The predicted octanol–water partition coefficient (Wildman–Crippen LogP) is 2.67. The molecule has 28 heavy (non-hydrogen) atoms. The molecule has 0 atom stereocenters. The van der Waals surface area contributed by atoms with E-state index >= 15 is 0 Å². The maximum Gasteiger partial charge on any atom is 0.220 e. The first-order valence-electron chi connectivity index (χ1n) is 8.88. The summed E-state index contributed by atoms with van der Waals surface area (Å²) in [6.45, 7) is 7.27. The zero-order valence-electron chi connectivity index (χ0n) is 16.7. The number of Topliss-reactive ketones (excluding diaryl/α,β-unsaturated/α-hetero) is 1. The highest BCUT2D eigenvalue weighted by molar-refractivity contribution is 6.01. The highest BCUT2D eigenvalue weighted by atomic mass is 16.5. The van der Waals surface area contributed by atoms with Gasteiger partial charge in [-0.1, -0.05) is 12.2 Å². The van der Waals surface area contributed by atoms with Crippen molar-refractivity contribution in [3.05, 3.63) is 43.0 Å². The molecule has 0 heterocycles. The van der Waals surface area contributed by atoms with Gasteiger partial charge < -0.3 is 24.6 Å². The number of hydrogen-bond acceptors (Lipinski definition) is 6. The lowest BCUT2D eigenvalue weighted by atomic mass is 9.95. The zero-order chi connectivity index (χ0) is 21.2. The topological polar surface area (TPSA) is 94.1 Å². The molecule has 1 aromatic carbocycles. The molecule has 1 rings (SSSR count). The van der Waals surface area contributed by atoms with E-state index < -0.39 is 5.60 Å². The lowest BCUT2D eigenvalue weighted by Crippen LogP contribution is -2.42. The Morgan fingerprint density at radius 2 is 1.54 bits per heavy atom. The van der Waals surface area contributed by atoms with E-state index in [0.29, 0.717) is 35.7 Å². The van der Waals surface area contributed by atoms with E-state index in [4.69, 9.17) is 14.2 Å². The Kier molecular flexibility index (Phi) is 9.24. The van der Waals surface area contributed by atoms with Crippen LogP contribution in [0.2, 0.25) is 0 Å². The van der Waals surface area contributed by atoms with Gasteiger partial charge >= 0.3 is 0 Å². The van der Waals surface area contributed by atoms with Gasteiger partial charge in [0.15, 0.2) is 17.3 Å². The minimum atomic E-state index is -1.13. The smallest absolute Gasteiger partial charge is 0.220 e. The van der Waals surface area contributed by atoms with Gasteiger partial charge in [-0.2, -0.15) is 0 Å². The molecule has 0 radical (unpaired) electrons. The fraction of sp³-hybridized carbons (Fsp3) is 0.429. The Morgan fingerprint density at radius 3 is 2.04 bits per heavy atom. The second-order valence-corrected chi connectivity index (χ2v) is 6.32. The van der Waals surface area contributed by atoms with Gasteiger partial charge in [-0.05, 0) is 18.9 Å². The Morgan fingerprint density at radius 1 is 1.00 bits per heavy atom. The molecule has 1 amide bonds. The van der Waals surface area contributed by atoms with Gasteiger partial charge in [0.25, 0.3) is 0 Å². The van der Waals surface area contributed by atoms with Gasteiger partial charge in [-0.3, -0.25) is 9.59 Å². The standard InChI is InChI=1S/C21H29NO6/c1-6-10-21(25,11-7-2)14-22-20(24)9-8-16(23)15-12-18(27-4)19(28-5)13-17(15)26-3/h6-7,12-13,25H,1-2,8-11,14H2,3-5H3,(H,22,24). The largest absolute Gasteiger partial charge is 0.496 e. The first-order valence-corrected chi connectivity index (χ1v) is 8.88. The normalized spacial score (nSPS) is 10.7. The van der Waals surface area contributed by atoms with Crippen LogP contribution in [0.3, 0.4) is 0 Å². The average Bonchev–Trinajstić information content (AvgIpc) is 2.69. The van der Waals surface area contributed by atoms with Crippen molar-refractivity contribution in [1.29, 1.82) is 0 Å². The van der Waals surface area contributed by atoms with Gasteiger partial charge in [-0.15, -0.1) is 13.2 Å². The molecule has 154 valence electrons. The zero-order valence-corrected chi connectivity index (χ0v) is 16.7. The Bertz CT molecular complexity index is 703. The Labute approximate surface area is 166 Å². The summed E-state index contributed by atoms with van der Waals surface area (Å²) in [5.74, 6) is 0.585. The number of carbonyl (C=O) groups is 2. The molecule has 0 aliphatic rings. The minimum Gasteiger partial charge on any atom is -0.496 e. The van der Waals surface area contributed by atoms with Crippen LogP contribution in [0.5, 0.6) is 17.2 Å². The van der Waals surface area contributed by atoms with Crippen molar-refractivity contribution in [2.75, 3.05) is 27.9 Å². The molecule has 0 bridgehead atoms. The predicted molar refractivity (Wildman–Crippen MR) is 107 cm³/mol. The number of ether oxygens (including phenoxy) is 3. The second kappa shape index (κ2) is 11.1. The Hall–Kier alpha value is -2.80. The highest BCUT2D eigenvalue weighted by Crippen LogP contribution is 2.35. The summed E-state index contributed by atoms with van der Waals surface area (Å²) in [7, 11) is 4.41. The maximum atomic E-state index is 12.6. The van der Waals surface area contributed by atoms with Gasteiger partial charge in [0.2, 0.25) is 5.91 Å². The third-order valence-corrected chi connectivity index (χ3v) is 4.25. The van der Waals surface area contributed by atoms with E-state index in [0.717, 1.165) is 0 Å². The molecule has 0 saturated heterocycles. The highest BCUT2D eigenvalue weighted by Gasteiger charge is 2.25. The van der Waals surface area contributed by atoms with Crippen LogP contribution in [-0.2, 0) is 4.79 Å². The van der Waals surface area contributed by atoms with E-state index in [-0.39, 0.29) is 31.1 Å². The fourth-order valence-corrected chi connectivity index (χ4v) is 2.73. The maximum absolute atomic E-state index is 12.6. The van der Waals surface area contributed by atoms with E-state index in [1.165, 1.54) is 27.4 Å². The van der Waals surface area contributed by atoms with Gasteiger partial charge in [0.05, 0.1) is 32.5 Å². The van der Waals surface area contributed by atoms with Crippen molar-refractivity contribution < 1.29 is 28.9 Å². The van der Waals surface area contributed by atoms with Crippen molar-refractivity contribution in [2.45, 2.75) is 31.3 Å². The number of benzene rings is 1. The summed E-state index contributed by atoms with van der Waals surface area (Å²) >= 11 is 0. The van der Waals surface area contributed by atoms with Crippen LogP contribution in [0.1, 0.15) is 36.0 Å². The Balaban J connectivity index is 2.74. The van der Waals surface area contributed by atoms with Crippen molar-refractivity contribution in [1.82, 2.24) is 5.32 Å². The van der Waals surface area contributed by atoms with E-state index in [9.17, 15) is 14.7 Å². The summed E-state index contributed by atoms with van der Waals surface area (Å²) < 4.78 is 15.7. The minimum absolute atomic E-state index is 0.0149. The summed E-state index contributed by atoms with van der Waals surface area (Å²) in [6.07, 6.45) is 3.78. The van der Waals surface area contributed by atoms with Crippen molar-refractivity contribution in [3.8, 4) is 17.2 Å². The number of amides is 1. The number of aliphatic hydroxyl groups is 1.